The van der Waals surface area contributed by atoms with Crippen LogP contribution in [0.15, 0.2) is 5.38 Å². The van der Waals surface area contributed by atoms with Gasteiger partial charge in [0.05, 0.1) is 5.56 Å². The van der Waals surface area contributed by atoms with Gasteiger partial charge in [-0.25, -0.2) is 4.98 Å². The van der Waals surface area contributed by atoms with Crippen LogP contribution in [0.3, 0.4) is 0 Å². The summed E-state index contributed by atoms with van der Waals surface area (Å²) in [5, 5.41) is 7.60. The zero-order valence-electron chi connectivity index (χ0n) is 13.2. The Hall–Kier alpha value is -1.18. The standard InChI is InChI=1S/C14H23N5S2/c1-8(2)10(6-19(4)5)17-14-11(12(15)18-21-14)13-16-9(3)7-20-13/h7-8,10,17H,6H2,1-5H3,(H2,15,18). The van der Waals surface area contributed by atoms with Crippen LogP contribution in [0.2, 0.25) is 0 Å². The van der Waals surface area contributed by atoms with Gasteiger partial charge in [0, 0.05) is 23.7 Å². The highest BCUT2D eigenvalue weighted by Crippen LogP contribution is 2.39. The van der Waals surface area contributed by atoms with Crippen molar-refractivity contribution in [2.45, 2.75) is 26.8 Å². The number of hydrogen-bond acceptors (Lipinski definition) is 7. The van der Waals surface area contributed by atoms with Crippen LogP contribution >= 0.6 is 22.9 Å². The maximum Gasteiger partial charge on any atom is 0.149 e. The fraction of sp³-hybridized carbons (Fsp3) is 0.571. The summed E-state index contributed by atoms with van der Waals surface area (Å²) in [5.74, 6) is 1.07. The van der Waals surface area contributed by atoms with Gasteiger partial charge in [0.2, 0.25) is 0 Å². The number of anilines is 2. The smallest absolute Gasteiger partial charge is 0.149 e. The van der Waals surface area contributed by atoms with Crippen molar-refractivity contribution in [3.8, 4) is 10.6 Å². The van der Waals surface area contributed by atoms with E-state index in [1.165, 1.54) is 11.5 Å². The van der Waals surface area contributed by atoms with Crippen LogP contribution in [-0.2, 0) is 0 Å². The number of nitrogen functional groups attached to an aromatic ring is 1. The molecule has 0 aliphatic carbocycles. The Morgan fingerprint density at radius 3 is 2.62 bits per heavy atom. The Bertz CT molecular complexity index is 588. The van der Waals surface area contributed by atoms with Gasteiger partial charge in [-0.1, -0.05) is 13.8 Å². The van der Waals surface area contributed by atoms with Crippen LogP contribution in [-0.4, -0.2) is 40.9 Å². The van der Waals surface area contributed by atoms with Gasteiger partial charge in [0.1, 0.15) is 15.8 Å². The van der Waals surface area contributed by atoms with Crippen molar-refractivity contribution in [2.75, 3.05) is 31.7 Å². The minimum absolute atomic E-state index is 0.347. The van der Waals surface area contributed by atoms with E-state index >= 15 is 0 Å². The lowest BCUT2D eigenvalue weighted by Crippen LogP contribution is -2.36. The van der Waals surface area contributed by atoms with E-state index in [9.17, 15) is 0 Å². The van der Waals surface area contributed by atoms with Gasteiger partial charge in [-0.2, -0.15) is 4.37 Å². The molecular formula is C14H23N5S2. The number of aromatic nitrogens is 2. The van der Waals surface area contributed by atoms with Crippen LogP contribution in [0.4, 0.5) is 10.8 Å². The summed E-state index contributed by atoms with van der Waals surface area (Å²) in [4.78, 5) is 6.73. The first-order valence-corrected chi connectivity index (χ1v) is 8.62. The predicted molar refractivity (Wildman–Crippen MR) is 93.2 cm³/mol. The molecule has 2 heterocycles. The van der Waals surface area contributed by atoms with Gasteiger partial charge >= 0.3 is 0 Å². The van der Waals surface area contributed by atoms with E-state index in [2.05, 4.69) is 47.5 Å². The van der Waals surface area contributed by atoms with Gasteiger partial charge < -0.3 is 16.0 Å². The molecule has 2 aromatic heterocycles. The Morgan fingerprint density at radius 2 is 2.10 bits per heavy atom. The molecule has 0 saturated heterocycles. The lowest BCUT2D eigenvalue weighted by atomic mass is 10.0. The third-order valence-electron chi connectivity index (χ3n) is 3.23. The molecule has 0 fully saturated rings. The monoisotopic (exact) mass is 325 g/mol. The Kier molecular flexibility index (Phi) is 5.18. The van der Waals surface area contributed by atoms with Gasteiger partial charge in [-0.15, -0.1) is 11.3 Å². The first-order valence-electron chi connectivity index (χ1n) is 6.97. The zero-order valence-corrected chi connectivity index (χ0v) is 14.8. The van der Waals surface area contributed by atoms with Crippen molar-refractivity contribution in [1.82, 2.24) is 14.3 Å². The van der Waals surface area contributed by atoms with Crippen LogP contribution in [0, 0.1) is 12.8 Å². The molecule has 7 heteroatoms. The SMILES string of the molecule is Cc1csc(-c2c(N)nsc2NC(CN(C)C)C(C)C)n1. The normalized spacial score (nSPS) is 13.1. The molecule has 0 amide bonds. The van der Waals surface area contributed by atoms with Crippen molar-refractivity contribution in [1.29, 1.82) is 0 Å². The highest BCUT2D eigenvalue weighted by molar-refractivity contribution is 7.15. The first kappa shape index (κ1) is 16.2. The van der Waals surface area contributed by atoms with E-state index < -0.39 is 0 Å². The van der Waals surface area contributed by atoms with Crippen LogP contribution < -0.4 is 11.1 Å². The van der Waals surface area contributed by atoms with Gasteiger partial charge in [-0.05, 0) is 38.5 Å². The molecule has 0 saturated carbocycles. The van der Waals surface area contributed by atoms with Crippen molar-refractivity contribution >= 4 is 33.7 Å². The number of nitrogens with one attached hydrogen (secondary N) is 1. The minimum atomic E-state index is 0.347. The number of likely N-dealkylation sites (N-methyl/N-ethyl adjacent to an activating group) is 1. The second-order valence-electron chi connectivity index (χ2n) is 5.82. The van der Waals surface area contributed by atoms with Crippen molar-refractivity contribution in [3.63, 3.8) is 0 Å². The minimum Gasteiger partial charge on any atom is -0.382 e. The average molecular weight is 326 g/mol. The number of nitrogens with two attached hydrogens (primary N) is 1. The maximum absolute atomic E-state index is 6.05. The molecule has 0 spiro atoms. The van der Waals surface area contributed by atoms with Crippen molar-refractivity contribution in [3.05, 3.63) is 11.1 Å². The summed E-state index contributed by atoms with van der Waals surface area (Å²) >= 11 is 3.03. The van der Waals surface area contributed by atoms with E-state index in [0.29, 0.717) is 17.8 Å². The molecule has 1 unspecified atom stereocenters. The zero-order chi connectivity index (χ0) is 15.6. The molecule has 5 nitrogen and oxygen atoms in total. The van der Waals surface area contributed by atoms with E-state index in [1.54, 1.807) is 11.3 Å². The molecule has 1 atom stereocenters. The van der Waals surface area contributed by atoms with E-state index in [1.807, 2.05) is 12.3 Å². The molecule has 116 valence electrons. The molecule has 0 aliphatic heterocycles. The van der Waals surface area contributed by atoms with E-state index in [0.717, 1.165) is 27.8 Å². The Labute approximate surface area is 134 Å². The quantitative estimate of drug-likeness (QED) is 0.854. The largest absolute Gasteiger partial charge is 0.382 e. The Morgan fingerprint density at radius 1 is 1.38 bits per heavy atom. The van der Waals surface area contributed by atoms with Crippen LogP contribution in [0.1, 0.15) is 19.5 Å². The fourth-order valence-electron chi connectivity index (χ4n) is 2.06. The third-order valence-corrected chi connectivity index (χ3v) is 5.00. The summed E-state index contributed by atoms with van der Waals surface area (Å²) in [7, 11) is 4.17. The van der Waals surface area contributed by atoms with Crippen LogP contribution in [0.25, 0.3) is 10.6 Å². The summed E-state index contributed by atoms with van der Waals surface area (Å²) < 4.78 is 4.30. The topological polar surface area (TPSA) is 67.1 Å². The lowest BCUT2D eigenvalue weighted by Gasteiger charge is -2.26. The molecule has 0 radical (unpaired) electrons. The number of thiazole rings is 1. The lowest BCUT2D eigenvalue weighted by molar-refractivity contribution is 0.345. The molecule has 0 bridgehead atoms. The summed E-state index contributed by atoms with van der Waals surface area (Å²) in [6.07, 6.45) is 0. The molecular weight excluding hydrogens is 302 g/mol. The number of nitrogens with zero attached hydrogens (tertiary/aromatic N) is 3. The van der Waals surface area contributed by atoms with Crippen molar-refractivity contribution in [2.24, 2.45) is 5.92 Å². The van der Waals surface area contributed by atoms with E-state index in [4.69, 9.17) is 5.73 Å². The molecule has 2 aromatic rings. The van der Waals surface area contributed by atoms with Gasteiger partial charge in [-0.3, -0.25) is 0 Å². The average Bonchev–Trinajstić information content (AvgIpc) is 2.94. The predicted octanol–water partition coefficient (Wildman–Crippen LogP) is 3.16. The summed E-state index contributed by atoms with van der Waals surface area (Å²) in [6.45, 7) is 7.40. The van der Waals surface area contributed by atoms with Gasteiger partial charge in [0.15, 0.2) is 0 Å². The second kappa shape index (κ2) is 6.72. The molecule has 2 rings (SSSR count). The van der Waals surface area contributed by atoms with E-state index in [-0.39, 0.29) is 0 Å². The van der Waals surface area contributed by atoms with Gasteiger partial charge in [0.25, 0.3) is 0 Å². The molecule has 0 aromatic carbocycles. The molecule has 21 heavy (non-hydrogen) atoms. The Balaban J connectivity index is 2.28. The summed E-state index contributed by atoms with van der Waals surface area (Å²) in [5.41, 5.74) is 8.01. The second-order valence-corrected chi connectivity index (χ2v) is 7.45. The highest BCUT2D eigenvalue weighted by atomic mass is 32.1. The third kappa shape index (κ3) is 3.93. The number of rotatable bonds is 6. The number of aryl methyl sites for hydroxylation is 1. The van der Waals surface area contributed by atoms with Crippen molar-refractivity contribution < 1.29 is 0 Å². The highest BCUT2D eigenvalue weighted by Gasteiger charge is 2.21. The fourth-order valence-corrected chi connectivity index (χ4v) is 3.76. The first-order chi connectivity index (χ1) is 9.88. The molecule has 0 aliphatic rings. The number of hydrogen-bond donors (Lipinski definition) is 2. The molecule has 3 N–H and O–H groups in total. The van der Waals surface area contributed by atoms with Crippen LogP contribution in [0.5, 0.6) is 0 Å². The maximum atomic E-state index is 6.05. The summed E-state index contributed by atoms with van der Waals surface area (Å²) in [6, 6.07) is 0.347.